The Morgan fingerprint density at radius 2 is 1.62 bits per heavy atom. The molecule has 2 aromatic rings. The number of nitrogens with zero attached hydrogens (tertiary/aromatic N) is 1. The Hall–Kier alpha value is -2.35. The lowest BCUT2D eigenvalue weighted by Gasteiger charge is -2.21. The van der Waals surface area contributed by atoms with Crippen LogP contribution < -0.4 is 0 Å². The molecule has 0 aliphatic carbocycles. The van der Waals surface area contributed by atoms with E-state index in [1.165, 1.54) is 11.1 Å². The summed E-state index contributed by atoms with van der Waals surface area (Å²) in [6, 6.07) is 20.4. The van der Waals surface area contributed by atoms with Crippen molar-refractivity contribution in [2.75, 3.05) is 6.54 Å². The zero-order valence-corrected chi connectivity index (χ0v) is 12.0. The van der Waals surface area contributed by atoms with E-state index in [1.54, 1.807) is 0 Å². The third kappa shape index (κ3) is 3.40. The summed E-state index contributed by atoms with van der Waals surface area (Å²) in [5, 5.41) is 0. The van der Waals surface area contributed by atoms with Crippen molar-refractivity contribution >= 4 is 5.91 Å². The summed E-state index contributed by atoms with van der Waals surface area (Å²) in [4.78, 5) is 14.4. The van der Waals surface area contributed by atoms with Gasteiger partial charge in [-0.05, 0) is 11.1 Å². The summed E-state index contributed by atoms with van der Waals surface area (Å²) >= 11 is 0. The van der Waals surface area contributed by atoms with Gasteiger partial charge in [-0.3, -0.25) is 4.79 Å². The third-order valence-electron chi connectivity index (χ3n) is 3.89. The van der Waals surface area contributed by atoms with Gasteiger partial charge in [0.1, 0.15) is 0 Å². The van der Waals surface area contributed by atoms with Gasteiger partial charge in [-0.1, -0.05) is 72.8 Å². The van der Waals surface area contributed by atoms with E-state index in [0.29, 0.717) is 19.5 Å². The van der Waals surface area contributed by atoms with Crippen LogP contribution in [0.25, 0.3) is 0 Å². The first-order valence-electron chi connectivity index (χ1n) is 7.36. The van der Waals surface area contributed by atoms with Crippen LogP contribution in [0.4, 0.5) is 0 Å². The minimum absolute atomic E-state index is 0.194. The first-order chi connectivity index (χ1) is 10.3. The number of hydrogen-bond donors (Lipinski definition) is 0. The van der Waals surface area contributed by atoms with Gasteiger partial charge in [-0.2, -0.15) is 0 Å². The molecular weight excluding hydrogens is 258 g/mol. The van der Waals surface area contributed by atoms with E-state index in [0.717, 1.165) is 0 Å². The maximum Gasteiger partial charge on any atom is 0.224 e. The summed E-state index contributed by atoms with van der Waals surface area (Å²) in [7, 11) is 0. The fourth-order valence-corrected chi connectivity index (χ4v) is 2.73. The van der Waals surface area contributed by atoms with Gasteiger partial charge < -0.3 is 4.90 Å². The SMILES string of the molecule is O=C1C[C@@H](c2ccccc2)C=CCN1Cc1ccccc1. The molecule has 2 nitrogen and oxygen atoms in total. The molecule has 0 bridgehead atoms. The molecule has 106 valence electrons. The second-order valence-corrected chi connectivity index (χ2v) is 5.41. The topological polar surface area (TPSA) is 20.3 Å². The molecule has 0 spiro atoms. The number of amides is 1. The Morgan fingerprint density at radius 3 is 2.33 bits per heavy atom. The van der Waals surface area contributed by atoms with E-state index in [4.69, 9.17) is 0 Å². The Labute approximate surface area is 125 Å². The highest BCUT2D eigenvalue weighted by Crippen LogP contribution is 2.24. The molecule has 2 aromatic carbocycles. The van der Waals surface area contributed by atoms with E-state index in [2.05, 4.69) is 36.4 Å². The quantitative estimate of drug-likeness (QED) is 0.782. The van der Waals surface area contributed by atoms with Crippen molar-refractivity contribution in [2.45, 2.75) is 18.9 Å². The maximum atomic E-state index is 12.5. The van der Waals surface area contributed by atoms with E-state index in [-0.39, 0.29) is 11.8 Å². The van der Waals surface area contributed by atoms with Crippen LogP contribution in [0.5, 0.6) is 0 Å². The van der Waals surface area contributed by atoms with Gasteiger partial charge in [0.15, 0.2) is 0 Å². The van der Waals surface area contributed by atoms with Crippen LogP contribution >= 0.6 is 0 Å². The van der Waals surface area contributed by atoms with Crippen molar-refractivity contribution in [3.05, 3.63) is 83.9 Å². The lowest BCUT2D eigenvalue weighted by molar-refractivity contribution is -0.131. The molecule has 0 aromatic heterocycles. The Kier molecular flexibility index (Phi) is 4.15. The molecule has 1 aliphatic heterocycles. The summed E-state index contributed by atoms with van der Waals surface area (Å²) in [6.45, 7) is 1.38. The molecular formula is C19H19NO. The van der Waals surface area contributed by atoms with Crippen molar-refractivity contribution < 1.29 is 4.79 Å². The molecule has 21 heavy (non-hydrogen) atoms. The largest absolute Gasteiger partial charge is 0.335 e. The van der Waals surface area contributed by atoms with Gasteiger partial charge in [-0.15, -0.1) is 0 Å². The predicted octanol–water partition coefficient (Wildman–Crippen LogP) is 3.76. The van der Waals surface area contributed by atoms with Crippen LogP contribution in [-0.2, 0) is 11.3 Å². The molecule has 1 atom stereocenters. The maximum absolute atomic E-state index is 12.5. The van der Waals surface area contributed by atoms with Crippen molar-refractivity contribution in [1.29, 1.82) is 0 Å². The van der Waals surface area contributed by atoms with Crippen LogP contribution in [0.2, 0.25) is 0 Å². The highest BCUT2D eigenvalue weighted by Gasteiger charge is 2.21. The predicted molar refractivity (Wildman–Crippen MR) is 84.8 cm³/mol. The number of hydrogen-bond acceptors (Lipinski definition) is 1. The van der Waals surface area contributed by atoms with Gasteiger partial charge in [0.2, 0.25) is 5.91 Å². The van der Waals surface area contributed by atoms with Gasteiger partial charge in [0.25, 0.3) is 0 Å². The summed E-state index contributed by atoms with van der Waals surface area (Å²) in [6.07, 6.45) is 4.83. The zero-order valence-electron chi connectivity index (χ0n) is 12.0. The van der Waals surface area contributed by atoms with Crippen LogP contribution in [0.15, 0.2) is 72.8 Å². The Balaban J connectivity index is 1.72. The Morgan fingerprint density at radius 1 is 0.952 bits per heavy atom. The molecule has 0 saturated heterocycles. The van der Waals surface area contributed by atoms with E-state index in [1.807, 2.05) is 41.3 Å². The van der Waals surface area contributed by atoms with E-state index < -0.39 is 0 Å². The molecule has 0 N–H and O–H groups in total. The fourth-order valence-electron chi connectivity index (χ4n) is 2.73. The molecule has 0 saturated carbocycles. The van der Waals surface area contributed by atoms with Crippen molar-refractivity contribution in [3.8, 4) is 0 Å². The number of benzene rings is 2. The fraction of sp³-hybridized carbons (Fsp3) is 0.211. The van der Waals surface area contributed by atoms with Crippen molar-refractivity contribution in [3.63, 3.8) is 0 Å². The smallest absolute Gasteiger partial charge is 0.224 e. The first-order valence-corrected chi connectivity index (χ1v) is 7.36. The first kappa shape index (κ1) is 13.6. The molecule has 1 heterocycles. The van der Waals surface area contributed by atoms with Crippen LogP contribution in [0, 0.1) is 0 Å². The summed E-state index contributed by atoms with van der Waals surface area (Å²) in [5.74, 6) is 0.414. The van der Waals surface area contributed by atoms with Gasteiger partial charge in [0, 0.05) is 25.4 Å². The second kappa shape index (κ2) is 6.40. The summed E-state index contributed by atoms with van der Waals surface area (Å²) in [5.41, 5.74) is 2.39. The second-order valence-electron chi connectivity index (χ2n) is 5.41. The average Bonchev–Trinajstić information content (AvgIpc) is 2.72. The lowest BCUT2D eigenvalue weighted by Crippen LogP contribution is -2.30. The average molecular weight is 277 g/mol. The van der Waals surface area contributed by atoms with Crippen molar-refractivity contribution in [2.24, 2.45) is 0 Å². The van der Waals surface area contributed by atoms with Gasteiger partial charge in [-0.25, -0.2) is 0 Å². The molecule has 1 amide bonds. The van der Waals surface area contributed by atoms with Crippen LogP contribution in [-0.4, -0.2) is 17.4 Å². The highest BCUT2D eigenvalue weighted by molar-refractivity contribution is 5.78. The molecule has 1 aliphatic rings. The minimum atomic E-state index is 0.194. The molecule has 0 unspecified atom stereocenters. The molecule has 3 rings (SSSR count). The van der Waals surface area contributed by atoms with Crippen LogP contribution in [0.1, 0.15) is 23.5 Å². The number of carbonyl (C=O) groups is 1. The standard InChI is InChI=1S/C19H19NO/c21-19-14-18(17-10-5-2-6-11-17)12-7-13-20(19)15-16-8-3-1-4-9-16/h1-12,18H,13-15H2/t18-/m0/s1. The van der Waals surface area contributed by atoms with Gasteiger partial charge >= 0.3 is 0 Å². The lowest BCUT2D eigenvalue weighted by atomic mass is 9.95. The Bertz CT molecular complexity index is 619. The minimum Gasteiger partial charge on any atom is -0.335 e. The monoisotopic (exact) mass is 277 g/mol. The number of allylic oxidation sites excluding steroid dienone is 1. The normalized spacial score (nSPS) is 18.6. The zero-order chi connectivity index (χ0) is 14.5. The number of rotatable bonds is 3. The third-order valence-corrected chi connectivity index (χ3v) is 3.89. The highest BCUT2D eigenvalue weighted by atomic mass is 16.2. The summed E-state index contributed by atoms with van der Waals surface area (Å²) < 4.78 is 0. The molecule has 0 radical (unpaired) electrons. The van der Waals surface area contributed by atoms with Gasteiger partial charge in [0.05, 0.1) is 0 Å². The van der Waals surface area contributed by atoms with Crippen molar-refractivity contribution in [1.82, 2.24) is 4.90 Å². The number of carbonyl (C=O) groups excluding carboxylic acids is 1. The molecule has 2 heteroatoms. The molecule has 0 fully saturated rings. The van der Waals surface area contributed by atoms with E-state index >= 15 is 0 Å². The van der Waals surface area contributed by atoms with E-state index in [9.17, 15) is 4.79 Å². The van der Waals surface area contributed by atoms with Crippen LogP contribution in [0.3, 0.4) is 0 Å².